The van der Waals surface area contributed by atoms with Crippen molar-refractivity contribution in [3.63, 3.8) is 0 Å². The third-order valence-electron chi connectivity index (χ3n) is 2.00. The van der Waals surface area contributed by atoms with Gasteiger partial charge in [-0.1, -0.05) is 0 Å². The normalized spacial score (nSPS) is 34.7. The average Bonchev–Trinajstić information content (AvgIpc) is 2.10. The van der Waals surface area contributed by atoms with E-state index in [0.717, 1.165) is 0 Å². The van der Waals surface area contributed by atoms with Crippen LogP contribution in [0.3, 0.4) is 0 Å². The molecule has 3 nitrogen and oxygen atoms in total. The number of hydrogen-bond acceptors (Lipinski definition) is 3. The summed E-state index contributed by atoms with van der Waals surface area (Å²) >= 11 is 0. The van der Waals surface area contributed by atoms with Gasteiger partial charge in [-0.3, -0.25) is 9.69 Å². The first-order chi connectivity index (χ1) is 4.61. The highest BCUT2D eigenvalue weighted by molar-refractivity contribution is 5.81. The van der Waals surface area contributed by atoms with Crippen molar-refractivity contribution in [1.82, 2.24) is 4.90 Å². The molecule has 0 radical (unpaired) electrons. The third-order valence-corrected chi connectivity index (χ3v) is 2.00. The number of likely N-dealkylation sites (N-methyl/N-ethyl adjacent to an activating group) is 1. The van der Waals surface area contributed by atoms with Gasteiger partial charge in [0.15, 0.2) is 0 Å². The molecule has 0 saturated carbocycles. The summed E-state index contributed by atoms with van der Waals surface area (Å²) < 4.78 is 0. The molecule has 3 heteroatoms. The predicted molar refractivity (Wildman–Crippen MR) is 37.7 cm³/mol. The summed E-state index contributed by atoms with van der Waals surface area (Å²) in [7, 11) is 1.86. The molecule has 0 aromatic rings. The highest BCUT2D eigenvalue weighted by Gasteiger charge is 2.30. The van der Waals surface area contributed by atoms with Crippen LogP contribution in [0.1, 0.15) is 13.3 Å². The van der Waals surface area contributed by atoms with Gasteiger partial charge in [0.2, 0.25) is 0 Å². The highest BCUT2D eigenvalue weighted by atomic mass is 16.3. The maximum atomic E-state index is 10.8. The number of aliphatic hydroxyl groups excluding tert-OH is 1. The first kappa shape index (κ1) is 7.69. The summed E-state index contributed by atoms with van der Waals surface area (Å²) in [4.78, 5) is 12.7. The molecule has 0 spiro atoms. The monoisotopic (exact) mass is 143 g/mol. The van der Waals surface area contributed by atoms with E-state index >= 15 is 0 Å². The molecule has 0 unspecified atom stereocenters. The molecule has 0 amide bonds. The minimum absolute atomic E-state index is 0.0463. The lowest BCUT2D eigenvalue weighted by Crippen LogP contribution is -2.30. The molecule has 1 rings (SSSR count). The van der Waals surface area contributed by atoms with Crippen molar-refractivity contribution in [2.45, 2.75) is 25.5 Å². The summed E-state index contributed by atoms with van der Waals surface area (Å²) in [6, 6.07) is -0.0463. The fraction of sp³-hybridized carbons (Fsp3) is 0.857. The lowest BCUT2D eigenvalue weighted by atomic mass is 10.1. The molecule has 1 fully saturated rings. The van der Waals surface area contributed by atoms with Crippen LogP contribution in [0.4, 0.5) is 0 Å². The molecule has 2 atom stereocenters. The van der Waals surface area contributed by atoms with Crippen molar-refractivity contribution in [2.75, 3.05) is 13.6 Å². The number of nitrogens with zero attached hydrogens (tertiary/aromatic N) is 1. The van der Waals surface area contributed by atoms with Gasteiger partial charge in [-0.05, 0) is 20.4 Å². The Balaban J connectivity index is 2.54. The van der Waals surface area contributed by atoms with E-state index in [2.05, 4.69) is 0 Å². The number of carbonyl (C=O) groups excluding carboxylic acids is 1. The number of likely N-dealkylation sites (tertiary alicyclic amines) is 1. The van der Waals surface area contributed by atoms with Crippen molar-refractivity contribution < 1.29 is 9.90 Å². The molecule has 10 heavy (non-hydrogen) atoms. The number of Topliss-reactive ketones (excluding diaryl/α,β-unsaturated/α-hetero) is 1. The van der Waals surface area contributed by atoms with E-state index in [0.29, 0.717) is 13.0 Å². The minimum Gasteiger partial charge on any atom is -0.392 e. The van der Waals surface area contributed by atoms with Crippen molar-refractivity contribution in [3.05, 3.63) is 0 Å². The van der Waals surface area contributed by atoms with E-state index in [9.17, 15) is 4.79 Å². The standard InChI is InChI=1S/C7H13NO2/c1-5(9)7-3-6(10)4-8(7)2/h6-7,10H,3-4H2,1-2H3/t6-,7+/m1/s1. The Morgan fingerprint density at radius 2 is 2.30 bits per heavy atom. The molecule has 1 aliphatic rings. The third kappa shape index (κ3) is 1.36. The first-order valence-corrected chi connectivity index (χ1v) is 3.50. The van der Waals surface area contributed by atoms with Crippen LogP contribution in [0.5, 0.6) is 0 Å². The van der Waals surface area contributed by atoms with Crippen LogP contribution < -0.4 is 0 Å². The quantitative estimate of drug-likeness (QED) is 0.545. The molecule has 0 aliphatic carbocycles. The summed E-state index contributed by atoms with van der Waals surface area (Å²) in [5.41, 5.74) is 0. The Morgan fingerprint density at radius 3 is 2.50 bits per heavy atom. The maximum absolute atomic E-state index is 10.8. The van der Waals surface area contributed by atoms with E-state index < -0.39 is 0 Å². The van der Waals surface area contributed by atoms with E-state index in [4.69, 9.17) is 5.11 Å². The lowest BCUT2D eigenvalue weighted by molar-refractivity contribution is -0.120. The van der Waals surface area contributed by atoms with E-state index in [-0.39, 0.29) is 17.9 Å². The Kier molecular flexibility index (Phi) is 2.06. The van der Waals surface area contributed by atoms with Gasteiger partial charge in [0.05, 0.1) is 12.1 Å². The molecule has 0 aromatic carbocycles. The molecule has 1 heterocycles. The van der Waals surface area contributed by atoms with Gasteiger partial charge in [-0.25, -0.2) is 0 Å². The molecule has 1 N–H and O–H groups in total. The minimum atomic E-state index is -0.307. The van der Waals surface area contributed by atoms with E-state index in [1.165, 1.54) is 0 Å². The van der Waals surface area contributed by atoms with Crippen LogP contribution in [0, 0.1) is 0 Å². The second-order valence-corrected chi connectivity index (χ2v) is 2.96. The number of carbonyl (C=O) groups is 1. The second kappa shape index (κ2) is 2.68. The molecular weight excluding hydrogens is 130 g/mol. The zero-order valence-corrected chi connectivity index (χ0v) is 6.37. The predicted octanol–water partition coefficient (Wildman–Crippen LogP) is -0.360. The van der Waals surface area contributed by atoms with Crippen molar-refractivity contribution >= 4 is 5.78 Å². The lowest BCUT2D eigenvalue weighted by Gasteiger charge is -2.14. The summed E-state index contributed by atoms with van der Waals surface area (Å²) in [6.07, 6.45) is 0.296. The van der Waals surface area contributed by atoms with Crippen LogP contribution >= 0.6 is 0 Å². The molecule has 58 valence electrons. The summed E-state index contributed by atoms with van der Waals surface area (Å²) in [6.45, 7) is 2.20. The Bertz CT molecular complexity index is 147. The average molecular weight is 143 g/mol. The van der Waals surface area contributed by atoms with Gasteiger partial charge >= 0.3 is 0 Å². The zero-order chi connectivity index (χ0) is 7.72. The summed E-state index contributed by atoms with van der Waals surface area (Å²) in [5.74, 6) is 0.152. The topological polar surface area (TPSA) is 40.5 Å². The fourth-order valence-corrected chi connectivity index (χ4v) is 1.45. The van der Waals surface area contributed by atoms with Crippen LogP contribution in [-0.4, -0.2) is 41.5 Å². The fourth-order valence-electron chi connectivity index (χ4n) is 1.45. The van der Waals surface area contributed by atoms with Crippen LogP contribution in [-0.2, 0) is 4.79 Å². The van der Waals surface area contributed by atoms with Gasteiger partial charge in [0.1, 0.15) is 5.78 Å². The highest BCUT2D eigenvalue weighted by Crippen LogP contribution is 2.15. The van der Waals surface area contributed by atoms with Gasteiger partial charge in [-0.15, -0.1) is 0 Å². The Hall–Kier alpha value is -0.410. The first-order valence-electron chi connectivity index (χ1n) is 3.50. The number of hydrogen-bond donors (Lipinski definition) is 1. The number of aliphatic hydroxyl groups is 1. The van der Waals surface area contributed by atoms with Crippen LogP contribution in [0.2, 0.25) is 0 Å². The molecule has 1 saturated heterocycles. The number of β-amino-alcohol motifs (C(OH)–C–C–N with tert-alkyl or cyclic N) is 1. The van der Waals surface area contributed by atoms with E-state index in [1.807, 2.05) is 11.9 Å². The molecule has 0 aromatic heterocycles. The zero-order valence-electron chi connectivity index (χ0n) is 6.37. The van der Waals surface area contributed by atoms with Gasteiger partial charge in [-0.2, -0.15) is 0 Å². The van der Waals surface area contributed by atoms with Crippen molar-refractivity contribution in [2.24, 2.45) is 0 Å². The Morgan fingerprint density at radius 1 is 1.70 bits per heavy atom. The Labute approximate surface area is 60.6 Å². The maximum Gasteiger partial charge on any atom is 0.146 e. The SMILES string of the molecule is CC(=O)[C@@H]1C[C@@H](O)CN1C. The number of ketones is 1. The smallest absolute Gasteiger partial charge is 0.146 e. The number of rotatable bonds is 1. The van der Waals surface area contributed by atoms with E-state index in [1.54, 1.807) is 6.92 Å². The van der Waals surface area contributed by atoms with Crippen molar-refractivity contribution in [3.8, 4) is 0 Å². The van der Waals surface area contributed by atoms with Crippen molar-refractivity contribution in [1.29, 1.82) is 0 Å². The molecular formula is C7H13NO2. The summed E-state index contributed by atoms with van der Waals surface area (Å²) in [5, 5.41) is 9.12. The van der Waals surface area contributed by atoms with Gasteiger partial charge in [0.25, 0.3) is 0 Å². The van der Waals surface area contributed by atoms with Gasteiger partial charge < -0.3 is 5.11 Å². The largest absolute Gasteiger partial charge is 0.392 e. The molecule has 1 aliphatic heterocycles. The van der Waals surface area contributed by atoms with Crippen LogP contribution in [0.15, 0.2) is 0 Å². The second-order valence-electron chi connectivity index (χ2n) is 2.96. The van der Waals surface area contributed by atoms with Crippen LogP contribution in [0.25, 0.3) is 0 Å². The molecule has 0 bridgehead atoms. The van der Waals surface area contributed by atoms with Gasteiger partial charge in [0, 0.05) is 6.54 Å².